The van der Waals surface area contributed by atoms with E-state index in [0.717, 1.165) is 49.1 Å². The van der Waals surface area contributed by atoms with Crippen LogP contribution in [0.1, 0.15) is 17.7 Å². The summed E-state index contributed by atoms with van der Waals surface area (Å²) in [6.45, 7) is 3.62. The van der Waals surface area contributed by atoms with Crippen LogP contribution in [0.5, 0.6) is 0 Å². The number of hydrogen-bond acceptors (Lipinski definition) is 3. The summed E-state index contributed by atoms with van der Waals surface area (Å²) < 4.78 is 6.63. The molecule has 4 rings (SSSR count). The molecule has 0 amide bonds. The fraction of sp³-hybridized carbons (Fsp3) is 0.438. The molecule has 2 aromatic rings. The predicted molar refractivity (Wildman–Crippen MR) is 91.7 cm³/mol. The number of ether oxygens (including phenoxy) is 1. The van der Waals surface area contributed by atoms with E-state index in [9.17, 15) is 0 Å². The van der Waals surface area contributed by atoms with E-state index in [2.05, 4.69) is 39.0 Å². The number of anilines is 1. The third kappa shape index (κ3) is 2.65. The lowest BCUT2D eigenvalue weighted by atomic mass is 10.1. The zero-order valence-corrected chi connectivity index (χ0v) is 14.2. The van der Waals surface area contributed by atoms with E-state index in [0.29, 0.717) is 0 Å². The Labute approximate surface area is 139 Å². The normalized spacial score (nSPS) is 17.7. The highest BCUT2D eigenvalue weighted by Gasteiger charge is 2.24. The first kappa shape index (κ1) is 15.1. The van der Waals surface area contributed by atoms with Crippen molar-refractivity contribution in [3.05, 3.63) is 33.9 Å². The number of halogens is 2. The fourth-order valence-corrected chi connectivity index (χ4v) is 3.72. The van der Waals surface area contributed by atoms with Crippen molar-refractivity contribution in [2.24, 2.45) is 0 Å². The summed E-state index contributed by atoms with van der Waals surface area (Å²) in [6.07, 6.45) is 3.52. The topological polar surface area (TPSA) is 25.4 Å². The maximum atomic E-state index is 5.51. The summed E-state index contributed by atoms with van der Waals surface area (Å²) in [5.41, 5.74) is 5.31. The van der Waals surface area contributed by atoms with Crippen molar-refractivity contribution in [1.29, 1.82) is 0 Å². The number of benzene rings is 1. The molecule has 0 unspecified atom stereocenters. The summed E-state index contributed by atoms with van der Waals surface area (Å²) in [5, 5.41) is 1.28. The van der Waals surface area contributed by atoms with Crippen molar-refractivity contribution in [3.8, 4) is 0 Å². The van der Waals surface area contributed by atoms with E-state index in [-0.39, 0.29) is 12.4 Å². The zero-order chi connectivity index (χ0) is 13.5. The van der Waals surface area contributed by atoms with Crippen LogP contribution in [-0.4, -0.2) is 31.3 Å². The number of hydrogen-bond donors (Lipinski definition) is 0. The van der Waals surface area contributed by atoms with Crippen LogP contribution in [0, 0.1) is 0 Å². The monoisotopic (exact) mass is 368 g/mol. The minimum atomic E-state index is 0. The summed E-state index contributed by atoms with van der Waals surface area (Å²) in [5.74, 6) is 0. The third-order valence-electron chi connectivity index (χ3n) is 4.27. The Balaban J connectivity index is 0.00000132. The molecule has 0 saturated carbocycles. The number of pyridine rings is 1. The Kier molecular flexibility index (Phi) is 4.38. The highest BCUT2D eigenvalue weighted by molar-refractivity contribution is 9.10. The standard InChI is InChI=1S/C16H17BrN2O.ClH/c17-11-4-5-15-13(10-11)16(19-6-8-20-9-7-19)12-2-1-3-14(12)18-15;/h4-5,10H,1-3,6-9H2;1H. The molecular weight excluding hydrogens is 352 g/mol. The average molecular weight is 370 g/mol. The van der Waals surface area contributed by atoms with Gasteiger partial charge in [0.15, 0.2) is 0 Å². The van der Waals surface area contributed by atoms with Gasteiger partial charge in [0.2, 0.25) is 0 Å². The largest absolute Gasteiger partial charge is 0.378 e. The highest BCUT2D eigenvalue weighted by atomic mass is 79.9. The van der Waals surface area contributed by atoms with Crippen LogP contribution >= 0.6 is 28.3 Å². The maximum Gasteiger partial charge on any atom is 0.0727 e. The second kappa shape index (κ2) is 6.11. The van der Waals surface area contributed by atoms with E-state index < -0.39 is 0 Å². The Morgan fingerprint density at radius 1 is 1.14 bits per heavy atom. The molecule has 0 spiro atoms. The van der Waals surface area contributed by atoms with Crippen LogP contribution in [0.2, 0.25) is 0 Å². The number of rotatable bonds is 1. The van der Waals surface area contributed by atoms with Gasteiger partial charge in [-0.2, -0.15) is 0 Å². The summed E-state index contributed by atoms with van der Waals surface area (Å²) >= 11 is 3.60. The minimum absolute atomic E-state index is 0. The van der Waals surface area contributed by atoms with E-state index in [1.807, 2.05) is 0 Å². The molecule has 2 heterocycles. The second-order valence-corrected chi connectivity index (χ2v) is 6.42. The number of aryl methyl sites for hydroxylation is 1. The Hall–Kier alpha value is -0.840. The van der Waals surface area contributed by atoms with Crippen LogP contribution in [-0.2, 0) is 17.6 Å². The molecule has 5 heteroatoms. The first-order valence-electron chi connectivity index (χ1n) is 7.26. The molecule has 1 aliphatic carbocycles. The van der Waals surface area contributed by atoms with Gasteiger partial charge in [0.25, 0.3) is 0 Å². The number of morpholine rings is 1. The SMILES string of the molecule is Brc1ccc2nc3c(c(N4CCOCC4)c2c1)CCC3.Cl. The van der Waals surface area contributed by atoms with Crippen molar-refractivity contribution in [2.45, 2.75) is 19.3 Å². The molecule has 1 fully saturated rings. The van der Waals surface area contributed by atoms with Gasteiger partial charge < -0.3 is 9.64 Å². The Bertz CT molecular complexity index is 671. The van der Waals surface area contributed by atoms with Crippen LogP contribution in [0.15, 0.2) is 22.7 Å². The Morgan fingerprint density at radius 2 is 1.95 bits per heavy atom. The van der Waals surface area contributed by atoms with Crippen molar-refractivity contribution in [3.63, 3.8) is 0 Å². The molecule has 0 bridgehead atoms. The molecule has 0 radical (unpaired) electrons. The predicted octanol–water partition coefficient (Wildman–Crippen LogP) is 3.74. The van der Waals surface area contributed by atoms with Gasteiger partial charge in [-0.15, -0.1) is 12.4 Å². The first-order chi connectivity index (χ1) is 9.83. The molecule has 112 valence electrons. The maximum absolute atomic E-state index is 5.51. The van der Waals surface area contributed by atoms with Crippen molar-refractivity contribution in [2.75, 3.05) is 31.2 Å². The summed E-state index contributed by atoms with van der Waals surface area (Å²) in [4.78, 5) is 7.36. The lowest BCUT2D eigenvalue weighted by Gasteiger charge is -2.31. The number of fused-ring (bicyclic) bond motifs is 2. The molecule has 1 saturated heterocycles. The molecule has 0 atom stereocenters. The third-order valence-corrected chi connectivity index (χ3v) is 4.76. The van der Waals surface area contributed by atoms with Gasteiger partial charge in [0, 0.05) is 28.6 Å². The minimum Gasteiger partial charge on any atom is -0.378 e. The van der Waals surface area contributed by atoms with Gasteiger partial charge in [-0.1, -0.05) is 15.9 Å². The number of nitrogens with zero attached hydrogens (tertiary/aromatic N) is 2. The smallest absolute Gasteiger partial charge is 0.0727 e. The summed E-state index contributed by atoms with van der Waals surface area (Å²) in [6, 6.07) is 6.42. The highest BCUT2D eigenvalue weighted by Crippen LogP contribution is 2.37. The van der Waals surface area contributed by atoms with Gasteiger partial charge in [0.05, 0.1) is 24.4 Å². The molecular formula is C16H18BrClN2O. The van der Waals surface area contributed by atoms with Crippen LogP contribution in [0.4, 0.5) is 5.69 Å². The van der Waals surface area contributed by atoms with Gasteiger partial charge in [0.1, 0.15) is 0 Å². The lowest BCUT2D eigenvalue weighted by Crippen LogP contribution is -2.37. The van der Waals surface area contributed by atoms with Crippen LogP contribution < -0.4 is 4.90 Å². The van der Waals surface area contributed by atoms with Gasteiger partial charge in [-0.05, 0) is 43.0 Å². The van der Waals surface area contributed by atoms with Crippen LogP contribution in [0.25, 0.3) is 10.9 Å². The molecule has 1 aromatic heterocycles. The number of aromatic nitrogens is 1. The molecule has 0 N–H and O–H groups in total. The zero-order valence-electron chi connectivity index (χ0n) is 11.8. The van der Waals surface area contributed by atoms with Crippen molar-refractivity contribution < 1.29 is 4.74 Å². The summed E-state index contributed by atoms with van der Waals surface area (Å²) in [7, 11) is 0. The van der Waals surface area contributed by atoms with Crippen molar-refractivity contribution >= 4 is 44.9 Å². The average Bonchev–Trinajstić information content (AvgIpc) is 2.93. The van der Waals surface area contributed by atoms with E-state index in [4.69, 9.17) is 9.72 Å². The van der Waals surface area contributed by atoms with Gasteiger partial charge >= 0.3 is 0 Å². The molecule has 3 nitrogen and oxygen atoms in total. The quantitative estimate of drug-likeness (QED) is 0.765. The Morgan fingerprint density at radius 3 is 2.76 bits per heavy atom. The molecule has 2 aliphatic rings. The van der Waals surface area contributed by atoms with E-state index >= 15 is 0 Å². The lowest BCUT2D eigenvalue weighted by molar-refractivity contribution is 0.123. The fourth-order valence-electron chi connectivity index (χ4n) is 3.36. The van der Waals surface area contributed by atoms with E-state index in [1.54, 1.807) is 0 Å². The second-order valence-electron chi connectivity index (χ2n) is 5.50. The van der Waals surface area contributed by atoms with E-state index in [1.165, 1.54) is 28.8 Å². The molecule has 1 aromatic carbocycles. The van der Waals surface area contributed by atoms with Crippen molar-refractivity contribution in [1.82, 2.24) is 4.98 Å². The van der Waals surface area contributed by atoms with Gasteiger partial charge in [-0.25, -0.2) is 0 Å². The first-order valence-corrected chi connectivity index (χ1v) is 8.06. The van der Waals surface area contributed by atoms with Gasteiger partial charge in [-0.3, -0.25) is 4.98 Å². The van der Waals surface area contributed by atoms with Crippen LogP contribution in [0.3, 0.4) is 0 Å². The molecule has 21 heavy (non-hydrogen) atoms. The molecule has 1 aliphatic heterocycles.